The summed E-state index contributed by atoms with van der Waals surface area (Å²) in [7, 11) is 0. The Hall–Kier alpha value is -1.81. The second-order valence-electron chi connectivity index (χ2n) is 5.30. The third kappa shape index (κ3) is 2.36. The Bertz CT molecular complexity index is 590. The molecular formula is C15H19N3O. The Labute approximate surface area is 112 Å². The predicted molar refractivity (Wildman–Crippen MR) is 76.8 cm³/mol. The molecule has 1 heterocycles. The molecule has 100 valence electrons. The van der Waals surface area contributed by atoms with Gasteiger partial charge in [0.05, 0.1) is 0 Å². The van der Waals surface area contributed by atoms with Crippen LogP contribution in [0.4, 0.5) is 5.69 Å². The zero-order valence-corrected chi connectivity index (χ0v) is 10.9. The average molecular weight is 257 g/mol. The Morgan fingerprint density at radius 3 is 3.11 bits per heavy atom. The molecule has 19 heavy (non-hydrogen) atoms. The van der Waals surface area contributed by atoms with Crippen molar-refractivity contribution in [3.63, 3.8) is 0 Å². The Morgan fingerprint density at radius 1 is 1.37 bits per heavy atom. The van der Waals surface area contributed by atoms with E-state index in [4.69, 9.17) is 5.73 Å². The third-order valence-electron chi connectivity index (χ3n) is 4.12. The van der Waals surface area contributed by atoms with Gasteiger partial charge in [-0.1, -0.05) is 6.42 Å². The van der Waals surface area contributed by atoms with E-state index in [0.717, 1.165) is 35.9 Å². The van der Waals surface area contributed by atoms with Gasteiger partial charge in [-0.15, -0.1) is 0 Å². The molecule has 4 nitrogen and oxygen atoms in total. The first-order valence-corrected chi connectivity index (χ1v) is 6.86. The van der Waals surface area contributed by atoms with E-state index < -0.39 is 0 Å². The molecule has 1 aromatic carbocycles. The van der Waals surface area contributed by atoms with E-state index in [-0.39, 0.29) is 11.8 Å². The first kappa shape index (κ1) is 12.2. The van der Waals surface area contributed by atoms with Crippen molar-refractivity contribution in [2.45, 2.75) is 19.3 Å². The summed E-state index contributed by atoms with van der Waals surface area (Å²) in [4.78, 5) is 15.4. The van der Waals surface area contributed by atoms with E-state index >= 15 is 0 Å². The lowest BCUT2D eigenvalue weighted by Gasteiger charge is -2.17. The Kier molecular flexibility index (Phi) is 3.25. The zero-order chi connectivity index (χ0) is 13.2. The van der Waals surface area contributed by atoms with Crippen LogP contribution in [0.1, 0.15) is 19.3 Å². The molecule has 0 spiro atoms. The maximum absolute atomic E-state index is 12.3. The lowest BCUT2D eigenvalue weighted by molar-refractivity contribution is -0.120. The highest BCUT2D eigenvalue weighted by molar-refractivity contribution is 5.95. The highest BCUT2D eigenvalue weighted by atomic mass is 16.1. The van der Waals surface area contributed by atoms with Gasteiger partial charge >= 0.3 is 0 Å². The summed E-state index contributed by atoms with van der Waals surface area (Å²) < 4.78 is 0. The molecule has 1 amide bonds. The monoisotopic (exact) mass is 257 g/mol. The van der Waals surface area contributed by atoms with Gasteiger partial charge in [-0.25, -0.2) is 0 Å². The topological polar surface area (TPSA) is 70.9 Å². The Morgan fingerprint density at radius 2 is 2.26 bits per heavy atom. The average Bonchev–Trinajstić information content (AvgIpc) is 3.06. The molecule has 4 heteroatoms. The first-order chi connectivity index (χ1) is 9.28. The van der Waals surface area contributed by atoms with Crippen molar-refractivity contribution >= 4 is 22.5 Å². The minimum Gasteiger partial charge on any atom is -0.361 e. The molecule has 0 aliphatic heterocycles. The quantitative estimate of drug-likeness (QED) is 0.790. The molecule has 0 saturated heterocycles. The van der Waals surface area contributed by atoms with E-state index in [0.29, 0.717) is 12.5 Å². The summed E-state index contributed by atoms with van der Waals surface area (Å²) in [5.74, 6) is 0.533. The van der Waals surface area contributed by atoms with Crippen LogP contribution in [0.2, 0.25) is 0 Å². The minimum absolute atomic E-state index is 0.0759. The number of fused-ring (bicyclic) bond motifs is 1. The number of anilines is 1. The number of rotatable bonds is 3. The van der Waals surface area contributed by atoms with Crippen molar-refractivity contribution in [2.75, 3.05) is 11.9 Å². The maximum Gasteiger partial charge on any atom is 0.227 e. The van der Waals surface area contributed by atoms with Crippen molar-refractivity contribution in [1.29, 1.82) is 0 Å². The molecule has 4 N–H and O–H groups in total. The number of nitrogens with two attached hydrogens (primary N) is 1. The summed E-state index contributed by atoms with van der Waals surface area (Å²) in [5, 5.41) is 4.13. The number of amides is 1. The lowest BCUT2D eigenvalue weighted by Crippen LogP contribution is -2.29. The van der Waals surface area contributed by atoms with Crippen LogP contribution < -0.4 is 11.1 Å². The number of carbonyl (C=O) groups excluding carboxylic acids is 1. The highest BCUT2D eigenvalue weighted by Gasteiger charge is 2.31. The van der Waals surface area contributed by atoms with Gasteiger partial charge < -0.3 is 16.0 Å². The number of aromatic amines is 1. The SMILES string of the molecule is NCC1CCCC1C(=O)Nc1ccc2[nH]ccc2c1. The molecule has 1 fully saturated rings. The first-order valence-electron chi connectivity index (χ1n) is 6.86. The van der Waals surface area contributed by atoms with E-state index in [1.54, 1.807) is 0 Å². The maximum atomic E-state index is 12.3. The number of H-pyrrole nitrogens is 1. The van der Waals surface area contributed by atoms with Gasteiger partial charge in [0.1, 0.15) is 0 Å². The molecule has 2 atom stereocenters. The molecule has 0 bridgehead atoms. The standard InChI is InChI=1S/C15H19N3O/c16-9-11-2-1-3-13(11)15(19)18-12-4-5-14-10(8-12)6-7-17-14/h4-8,11,13,17H,1-3,9,16H2,(H,18,19). The fourth-order valence-corrected chi connectivity index (χ4v) is 3.03. The van der Waals surface area contributed by atoms with Crippen LogP contribution in [0.3, 0.4) is 0 Å². The van der Waals surface area contributed by atoms with E-state index in [9.17, 15) is 4.79 Å². The molecule has 3 rings (SSSR count). The second kappa shape index (κ2) is 5.05. The van der Waals surface area contributed by atoms with Crippen LogP contribution in [-0.4, -0.2) is 17.4 Å². The molecule has 2 aromatic rings. The van der Waals surface area contributed by atoms with Crippen LogP contribution in [0.25, 0.3) is 10.9 Å². The number of hydrogen-bond acceptors (Lipinski definition) is 2. The fraction of sp³-hybridized carbons (Fsp3) is 0.400. The van der Waals surface area contributed by atoms with E-state index in [1.807, 2.05) is 30.5 Å². The largest absolute Gasteiger partial charge is 0.361 e. The van der Waals surface area contributed by atoms with Crippen molar-refractivity contribution in [2.24, 2.45) is 17.6 Å². The minimum atomic E-state index is 0.0759. The van der Waals surface area contributed by atoms with Gasteiger partial charge in [0, 0.05) is 28.7 Å². The summed E-state index contributed by atoms with van der Waals surface area (Å²) >= 11 is 0. The number of benzene rings is 1. The van der Waals surface area contributed by atoms with Crippen LogP contribution in [0.5, 0.6) is 0 Å². The van der Waals surface area contributed by atoms with Gasteiger partial charge in [-0.3, -0.25) is 4.79 Å². The molecule has 0 radical (unpaired) electrons. The number of aromatic nitrogens is 1. The van der Waals surface area contributed by atoms with Crippen LogP contribution in [0, 0.1) is 11.8 Å². The zero-order valence-electron chi connectivity index (χ0n) is 10.9. The van der Waals surface area contributed by atoms with Crippen LogP contribution >= 0.6 is 0 Å². The van der Waals surface area contributed by atoms with Gasteiger partial charge in [-0.2, -0.15) is 0 Å². The van der Waals surface area contributed by atoms with E-state index in [1.165, 1.54) is 0 Å². The predicted octanol–water partition coefficient (Wildman–Crippen LogP) is 2.48. The Balaban J connectivity index is 1.74. The number of carbonyl (C=O) groups is 1. The highest BCUT2D eigenvalue weighted by Crippen LogP contribution is 2.32. The second-order valence-corrected chi connectivity index (χ2v) is 5.30. The fourth-order valence-electron chi connectivity index (χ4n) is 3.03. The molecule has 1 aromatic heterocycles. The molecule has 2 unspecified atom stereocenters. The smallest absolute Gasteiger partial charge is 0.227 e. The van der Waals surface area contributed by atoms with Crippen molar-refractivity contribution in [1.82, 2.24) is 4.98 Å². The summed E-state index contributed by atoms with van der Waals surface area (Å²) in [5.41, 5.74) is 7.67. The van der Waals surface area contributed by atoms with Gasteiger partial charge in [0.2, 0.25) is 5.91 Å². The third-order valence-corrected chi connectivity index (χ3v) is 4.12. The summed E-state index contributed by atoms with van der Waals surface area (Å²) in [6.45, 7) is 0.606. The molecule has 1 aliphatic carbocycles. The summed E-state index contributed by atoms with van der Waals surface area (Å²) in [6, 6.07) is 7.92. The van der Waals surface area contributed by atoms with E-state index in [2.05, 4.69) is 10.3 Å². The van der Waals surface area contributed by atoms with Crippen molar-refractivity contribution in [3.8, 4) is 0 Å². The normalized spacial score (nSPS) is 22.8. The number of nitrogens with one attached hydrogen (secondary N) is 2. The summed E-state index contributed by atoms with van der Waals surface area (Å²) in [6.07, 6.45) is 5.04. The molecule has 1 aliphatic rings. The van der Waals surface area contributed by atoms with Crippen molar-refractivity contribution < 1.29 is 4.79 Å². The number of hydrogen-bond donors (Lipinski definition) is 3. The van der Waals surface area contributed by atoms with Crippen LogP contribution in [-0.2, 0) is 4.79 Å². The lowest BCUT2D eigenvalue weighted by atomic mass is 9.95. The van der Waals surface area contributed by atoms with Gasteiger partial charge in [-0.05, 0) is 49.6 Å². The van der Waals surface area contributed by atoms with Gasteiger partial charge in [0.25, 0.3) is 0 Å². The molecule has 1 saturated carbocycles. The van der Waals surface area contributed by atoms with Crippen molar-refractivity contribution in [3.05, 3.63) is 30.5 Å². The molecular weight excluding hydrogens is 238 g/mol. The van der Waals surface area contributed by atoms with Gasteiger partial charge in [0.15, 0.2) is 0 Å². The van der Waals surface area contributed by atoms with Crippen LogP contribution in [0.15, 0.2) is 30.5 Å².